The molecule has 0 spiro atoms. The zero-order valence-corrected chi connectivity index (χ0v) is 24.4. The summed E-state index contributed by atoms with van der Waals surface area (Å²) < 4.78 is 7.01. The van der Waals surface area contributed by atoms with E-state index in [1.807, 2.05) is 61.5 Å². The predicted molar refractivity (Wildman–Crippen MR) is 163 cm³/mol. The second kappa shape index (κ2) is 11.9. The van der Waals surface area contributed by atoms with Gasteiger partial charge in [-0.25, -0.2) is 4.79 Å². The van der Waals surface area contributed by atoms with E-state index in [1.54, 1.807) is 18.3 Å². The Hall–Kier alpha value is -4.50. The number of benzene rings is 2. The van der Waals surface area contributed by atoms with Crippen molar-refractivity contribution >= 4 is 34.9 Å². The Morgan fingerprint density at radius 2 is 1.76 bits per heavy atom. The van der Waals surface area contributed by atoms with Crippen molar-refractivity contribution in [3.63, 3.8) is 0 Å². The summed E-state index contributed by atoms with van der Waals surface area (Å²) in [6.45, 7) is 6.55. The van der Waals surface area contributed by atoms with Crippen LogP contribution in [0.5, 0.6) is 0 Å². The summed E-state index contributed by atoms with van der Waals surface area (Å²) in [5.74, 6) is -0.442. The predicted octanol–water partition coefficient (Wildman–Crippen LogP) is 5.59. The van der Waals surface area contributed by atoms with Crippen LogP contribution in [0, 0.1) is 20.8 Å². The second-order valence-corrected chi connectivity index (χ2v) is 10.5. The molecule has 1 amide bonds. The number of thiocarbonyl (C=S) groups is 1. The average molecular weight is 568 g/mol. The van der Waals surface area contributed by atoms with Crippen LogP contribution in [0.15, 0.2) is 79.0 Å². The number of pyridine rings is 1. The molecule has 9 heteroatoms. The number of aromatic nitrogens is 2. The smallest absolute Gasteiger partial charge is 0.337 e. The maximum atomic E-state index is 13.0. The number of aryl methyl sites for hydroxylation is 2. The Balaban J connectivity index is 1.47. The molecule has 4 aromatic rings. The quantitative estimate of drug-likeness (QED) is 0.212. The summed E-state index contributed by atoms with van der Waals surface area (Å²) in [7, 11) is 1.37. The van der Waals surface area contributed by atoms with Crippen LogP contribution in [0.3, 0.4) is 0 Å². The van der Waals surface area contributed by atoms with Gasteiger partial charge in [-0.3, -0.25) is 9.78 Å². The molecule has 8 nitrogen and oxygen atoms in total. The lowest BCUT2D eigenvalue weighted by molar-refractivity contribution is -0.116. The molecule has 2 unspecified atom stereocenters. The van der Waals surface area contributed by atoms with Crippen LogP contribution < -0.4 is 10.6 Å². The Labute approximate surface area is 245 Å². The van der Waals surface area contributed by atoms with Crippen LogP contribution in [0.25, 0.3) is 5.69 Å². The van der Waals surface area contributed by atoms with E-state index in [1.165, 1.54) is 7.11 Å². The molecule has 1 fully saturated rings. The third kappa shape index (κ3) is 5.71. The van der Waals surface area contributed by atoms with Gasteiger partial charge in [0.25, 0.3) is 0 Å². The van der Waals surface area contributed by atoms with E-state index in [0.29, 0.717) is 17.2 Å². The highest BCUT2D eigenvalue weighted by molar-refractivity contribution is 7.80. The summed E-state index contributed by atoms with van der Waals surface area (Å²) in [6.07, 6.45) is 2.05. The molecule has 1 aliphatic rings. The monoisotopic (exact) mass is 567 g/mol. The first-order valence-corrected chi connectivity index (χ1v) is 13.9. The van der Waals surface area contributed by atoms with Crippen LogP contribution in [-0.2, 0) is 9.53 Å². The lowest BCUT2D eigenvalue weighted by Crippen LogP contribution is -2.33. The van der Waals surface area contributed by atoms with E-state index in [2.05, 4.69) is 45.0 Å². The molecule has 0 radical (unpaired) electrons. The first kappa shape index (κ1) is 28.0. The van der Waals surface area contributed by atoms with E-state index in [9.17, 15) is 9.59 Å². The largest absolute Gasteiger partial charge is 0.465 e. The van der Waals surface area contributed by atoms with Crippen molar-refractivity contribution in [2.75, 3.05) is 19.0 Å². The van der Waals surface area contributed by atoms with Gasteiger partial charge in [-0.1, -0.05) is 24.3 Å². The number of ether oxygens (including phenoxy) is 1. The van der Waals surface area contributed by atoms with E-state index in [4.69, 9.17) is 17.0 Å². The number of amides is 1. The standard InChI is InChI=1S/C32H33N5O3S/c1-20-9-5-6-10-26(20)34-28(38)16-18-36-30(29(35-32(36)41)27-11-7-8-17-33-27)25-19-21(2)37(22(25)3)24-14-12-23(13-15-24)31(39)40-4/h5-15,17,19,29-30H,16,18H2,1-4H3,(H,34,38)(H,35,41). The van der Waals surface area contributed by atoms with Crippen molar-refractivity contribution in [2.24, 2.45) is 0 Å². The minimum absolute atomic E-state index is 0.0710. The number of hydrogen-bond acceptors (Lipinski definition) is 5. The van der Waals surface area contributed by atoms with Crippen LogP contribution in [-0.4, -0.2) is 45.1 Å². The third-order valence-electron chi connectivity index (χ3n) is 7.53. The number of methoxy groups -OCH3 is 1. The maximum Gasteiger partial charge on any atom is 0.337 e. The van der Waals surface area contributed by atoms with Crippen molar-refractivity contribution in [1.29, 1.82) is 0 Å². The molecule has 0 saturated carbocycles. The number of nitrogens with zero attached hydrogens (tertiary/aromatic N) is 3. The van der Waals surface area contributed by atoms with Gasteiger partial charge in [0.05, 0.1) is 30.5 Å². The van der Waals surface area contributed by atoms with Crippen LogP contribution in [0.1, 0.15) is 57.1 Å². The topological polar surface area (TPSA) is 88.5 Å². The molecule has 3 heterocycles. The summed E-state index contributed by atoms with van der Waals surface area (Å²) in [4.78, 5) is 31.7. The van der Waals surface area contributed by atoms with Crippen molar-refractivity contribution in [3.05, 3.63) is 113 Å². The SMILES string of the molecule is COC(=O)c1ccc(-n2c(C)cc(C3C(c4ccccn4)NC(=S)N3CCC(=O)Nc3ccccc3C)c2C)cc1. The lowest BCUT2D eigenvalue weighted by Gasteiger charge is -2.28. The normalized spacial score (nSPS) is 16.4. The molecule has 0 aliphatic carbocycles. The summed E-state index contributed by atoms with van der Waals surface area (Å²) in [6, 6.07) is 22.7. The summed E-state index contributed by atoms with van der Waals surface area (Å²) >= 11 is 5.83. The molecular weight excluding hydrogens is 534 g/mol. The number of esters is 1. The molecule has 2 aromatic carbocycles. The van der Waals surface area contributed by atoms with Crippen molar-refractivity contribution in [2.45, 2.75) is 39.3 Å². The van der Waals surface area contributed by atoms with Crippen LogP contribution in [0.2, 0.25) is 0 Å². The minimum Gasteiger partial charge on any atom is -0.465 e. The van der Waals surface area contributed by atoms with E-state index < -0.39 is 0 Å². The van der Waals surface area contributed by atoms with Gasteiger partial charge in [-0.15, -0.1) is 0 Å². The van der Waals surface area contributed by atoms with Crippen LogP contribution in [0.4, 0.5) is 5.69 Å². The van der Waals surface area contributed by atoms with Gasteiger partial charge in [0.15, 0.2) is 5.11 Å². The second-order valence-electron chi connectivity index (χ2n) is 10.1. The molecule has 0 bridgehead atoms. The molecule has 1 saturated heterocycles. The first-order valence-electron chi connectivity index (χ1n) is 13.5. The molecule has 2 N–H and O–H groups in total. The summed E-state index contributed by atoms with van der Waals surface area (Å²) in [5.41, 5.74) is 7.29. The molecular formula is C32H33N5O3S. The first-order chi connectivity index (χ1) is 19.8. The van der Waals surface area contributed by atoms with Gasteiger partial charge in [0, 0.05) is 41.9 Å². The lowest BCUT2D eigenvalue weighted by atomic mass is 9.96. The van der Waals surface area contributed by atoms with Gasteiger partial charge in [0.1, 0.15) is 0 Å². The van der Waals surface area contributed by atoms with Gasteiger partial charge in [0.2, 0.25) is 5.91 Å². The average Bonchev–Trinajstić information content (AvgIpc) is 3.47. The fourth-order valence-electron chi connectivity index (χ4n) is 5.48. The number of anilines is 1. The molecule has 2 atom stereocenters. The molecule has 5 rings (SSSR count). The van der Waals surface area contributed by atoms with Crippen molar-refractivity contribution in [3.8, 4) is 5.69 Å². The molecule has 41 heavy (non-hydrogen) atoms. The Kier molecular flexibility index (Phi) is 8.16. The number of carbonyl (C=O) groups excluding carboxylic acids is 2. The zero-order valence-electron chi connectivity index (χ0n) is 23.5. The molecule has 210 valence electrons. The van der Waals surface area contributed by atoms with Gasteiger partial charge in [-0.2, -0.15) is 0 Å². The molecule has 1 aliphatic heterocycles. The highest BCUT2D eigenvalue weighted by atomic mass is 32.1. The number of hydrogen-bond donors (Lipinski definition) is 2. The minimum atomic E-state index is -0.371. The van der Waals surface area contributed by atoms with Crippen molar-refractivity contribution in [1.82, 2.24) is 19.8 Å². The van der Waals surface area contributed by atoms with Crippen LogP contribution >= 0.6 is 12.2 Å². The van der Waals surface area contributed by atoms with Gasteiger partial charge >= 0.3 is 5.97 Å². The number of carbonyl (C=O) groups is 2. The third-order valence-corrected chi connectivity index (χ3v) is 7.88. The van der Waals surface area contributed by atoms with E-state index >= 15 is 0 Å². The highest BCUT2D eigenvalue weighted by Gasteiger charge is 2.41. The Morgan fingerprint density at radius 1 is 1.02 bits per heavy atom. The number of para-hydroxylation sites is 1. The Bertz CT molecular complexity index is 1580. The number of nitrogens with one attached hydrogen (secondary N) is 2. The fraction of sp³-hybridized carbons (Fsp3) is 0.250. The molecule has 2 aromatic heterocycles. The van der Waals surface area contributed by atoms with Gasteiger partial charge < -0.3 is 24.8 Å². The zero-order chi connectivity index (χ0) is 29.1. The Morgan fingerprint density at radius 3 is 2.44 bits per heavy atom. The summed E-state index contributed by atoms with van der Waals surface area (Å²) in [5, 5.41) is 7.09. The maximum absolute atomic E-state index is 13.0. The van der Waals surface area contributed by atoms with Crippen molar-refractivity contribution < 1.29 is 14.3 Å². The fourth-order valence-corrected chi connectivity index (χ4v) is 5.81. The number of rotatable bonds is 8. The highest BCUT2D eigenvalue weighted by Crippen LogP contribution is 2.41. The van der Waals surface area contributed by atoms with E-state index in [-0.39, 0.29) is 30.4 Å². The van der Waals surface area contributed by atoms with Gasteiger partial charge in [-0.05, 0) is 92.6 Å². The van der Waals surface area contributed by atoms with E-state index in [0.717, 1.165) is 39.6 Å².